The number of hydrogen-bond acceptors (Lipinski definition) is 5. The van der Waals surface area contributed by atoms with Crippen LogP contribution in [0.3, 0.4) is 0 Å². The van der Waals surface area contributed by atoms with Crippen molar-refractivity contribution >= 4 is 28.5 Å². The summed E-state index contributed by atoms with van der Waals surface area (Å²) < 4.78 is 14.5. The summed E-state index contributed by atoms with van der Waals surface area (Å²) in [5.41, 5.74) is 0.812. The zero-order valence-corrected chi connectivity index (χ0v) is 16.2. The molecule has 3 aromatic rings. The third-order valence-corrected chi connectivity index (χ3v) is 5.93. The van der Waals surface area contributed by atoms with Crippen molar-refractivity contribution in [2.75, 3.05) is 13.1 Å². The number of carbonyl (C=O) groups is 3. The van der Waals surface area contributed by atoms with Crippen LogP contribution in [0.25, 0.3) is 10.8 Å². The lowest BCUT2D eigenvalue weighted by Crippen LogP contribution is -2.35. The molecule has 1 aromatic heterocycles. The largest absolute Gasteiger partial charge is 0.337 e. The Bertz CT molecular complexity index is 1300. The van der Waals surface area contributed by atoms with Crippen LogP contribution < -0.4 is 10.9 Å². The van der Waals surface area contributed by atoms with Gasteiger partial charge in [0.25, 0.3) is 11.5 Å². The summed E-state index contributed by atoms with van der Waals surface area (Å²) in [7, 11) is 0. The quantitative estimate of drug-likeness (QED) is 0.614. The highest BCUT2D eigenvalue weighted by molar-refractivity contribution is 6.07. The maximum Gasteiger partial charge on any atom is 0.272 e. The van der Waals surface area contributed by atoms with Crippen LogP contribution in [-0.4, -0.2) is 45.9 Å². The molecule has 156 valence electrons. The molecule has 2 unspecified atom stereocenters. The van der Waals surface area contributed by atoms with Crippen molar-refractivity contribution in [2.24, 2.45) is 11.8 Å². The van der Waals surface area contributed by atoms with Crippen molar-refractivity contribution in [3.05, 3.63) is 75.5 Å². The monoisotopic (exact) mass is 420 g/mol. The van der Waals surface area contributed by atoms with E-state index >= 15 is 0 Å². The van der Waals surface area contributed by atoms with Gasteiger partial charge in [0, 0.05) is 24.9 Å². The Morgan fingerprint density at radius 3 is 2.42 bits per heavy atom. The highest BCUT2D eigenvalue weighted by atomic mass is 19.1. The first-order chi connectivity index (χ1) is 14.9. The van der Waals surface area contributed by atoms with Gasteiger partial charge in [0.2, 0.25) is 11.8 Å². The molecule has 0 aliphatic carbocycles. The van der Waals surface area contributed by atoms with E-state index in [-0.39, 0.29) is 30.6 Å². The molecule has 2 fully saturated rings. The van der Waals surface area contributed by atoms with Gasteiger partial charge in [-0.05, 0) is 23.8 Å². The number of amides is 3. The van der Waals surface area contributed by atoms with Crippen LogP contribution in [0, 0.1) is 17.7 Å². The molecule has 2 aliphatic heterocycles. The number of benzene rings is 2. The molecule has 0 spiro atoms. The maximum atomic E-state index is 14.5. The number of hydrogen-bond donors (Lipinski definition) is 2. The van der Waals surface area contributed by atoms with Crippen molar-refractivity contribution in [3.63, 3.8) is 0 Å². The molecule has 31 heavy (non-hydrogen) atoms. The smallest absolute Gasteiger partial charge is 0.272 e. The average molecular weight is 420 g/mol. The van der Waals surface area contributed by atoms with Gasteiger partial charge in [-0.3, -0.25) is 24.5 Å². The van der Waals surface area contributed by atoms with Crippen molar-refractivity contribution in [2.45, 2.75) is 6.42 Å². The average Bonchev–Trinajstić information content (AvgIpc) is 3.32. The molecule has 8 nitrogen and oxygen atoms in total. The van der Waals surface area contributed by atoms with E-state index in [0.29, 0.717) is 22.0 Å². The van der Waals surface area contributed by atoms with Crippen LogP contribution in [0.4, 0.5) is 4.39 Å². The molecular weight excluding hydrogens is 403 g/mol. The molecule has 3 heterocycles. The van der Waals surface area contributed by atoms with Gasteiger partial charge in [0.1, 0.15) is 5.82 Å². The fourth-order valence-corrected chi connectivity index (χ4v) is 4.32. The number of H-pyrrole nitrogens is 1. The van der Waals surface area contributed by atoms with E-state index in [2.05, 4.69) is 15.5 Å². The number of nitrogens with zero attached hydrogens (tertiary/aromatic N) is 2. The van der Waals surface area contributed by atoms with E-state index in [1.807, 2.05) is 0 Å². The lowest BCUT2D eigenvalue weighted by Gasteiger charge is -2.18. The highest BCUT2D eigenvalue weighted by Gasteiger charge is 2.49. The van der Waals surface area contributed by atoms with Crippen LogP contribution in [0.2, 0.25) is 0 Å². The van der Waals surface area contributed by atoms with Crippen molar-refractivity contribution < 1.29 is 18.8 Å². The lowest BCUT2D eigenvalue weighted by atomic mass is 10.00. The minimum atomic E-state index is -0.680. The molecule has 0 bridgehead atoms. The molecule has 5 rings (SSSR count). The van der Waals surface area contributed by atoms with E-state index < -0.39 is 35.4 Å². The summed E-state index contributed by atoms with van der Waals surface area (Å²) in [6.45, 7) is 0.160. The standard InChI is InChI=1S/C22H17FN4O4/c23-17-6-5-11(8-18-12-3-1-2-4-13(12)21(30)26-25-18)7-14(17)22(31)27-9-15-16(10-27)20(29)24-19(15)28/h1-7,15-16H,8-10H2,(H,26,30)(H,24,28,29). The zero-order valence-electron chi connectivity index (χ0n) is 16.2. The Kier molecular flexibility index (Phi) is 4.39. The summed E-state index contributed by atoms with van der Waals surface area (Å²) in [5, 5.41) is 10.0. The Morgan fingerprint density at radius 2 is 1.71 bits per heavy atom. The van der Waals surface area contributed by atoms with Crippen molar-refractivity contribution in [3.8, 4) is 0 Å². The number of likely N-dealkylation sites (tertiary alicyclic amines) is 1. The molecular formula is C22H17FN4O4. The number of aromatic nitrogens is 2. The molecule has 0 saturated carbocycles. The topological polar surface area (TPSA) is 112 Å². The summed E-state index contributed by atoms with van der Waals surface area (Å²) in [4.78, 5) is 50.0. The first-order valence-electron chi connectivity index (χ1n) is 9.81. The Labute approximate surface area is 175 Å². The molecule has 9 heteroatoms. The van der Waals surface area contributed by atoms with Gasteiger partial charge in [0.05, 0.1) is 28.5 Å². The predicted octanol–water partition coefficient (Wildman–Crippen LogP) is 0.998. The van der Waals surface area contributed by atoms with Gasteiger partial charge >= 0.3 is 0 Å². The highest BCUT2D eigenvalue weighted by Crippen LogP contribution is 2.30. The van der Waals surface area contributed by atoms with Crippen LogP contribution in [0.15, 0.2) is 47.3 Å². The summed E-state index contributed by atoms with van der Waals surface area (Å²) in [6, 6.07) is 11.3. The number of imide groups is 1. The number of halogens is 1. The van der Waals surface area contributed by atoms with Crippen molar-refractivity contribution in [1.82, 2.24) is 20.4 Å². The number of fused-ring (bicyclic) bond motifs is 2. The molecule has 2 atom stereocenters. The SMILES string of the molecule is O=C1NC(=O)C2CN(C(=O)c3cc(Cc4n[nH]c(=O)c5ccccc45)ccc3F)CC12. The van der Waals surface area contributed by atoms with Gasteiger partial charge in [-0.1, -0.05) is 24.3 Å². The minimum Gasteiger partial charge on any atom is -0.337 e. The lowest BCUT2D eigenvalue weighted by molar-refractivity contribution is -0.126. The number of nitrogens with one attached hydrogen (secondary N) is 2. The first kappa shape index (κ1) is 19.1. The van der Waals surface area contributed by atoms with Gasteiger partial charge in [-0.15, -0.1) is 0 Å². The van der Waals surface area contributed by atoms with Crippen LogP contribution in [0.1, 0.15) is 21.6 Å². The Morgan fingerprint density at radius 1 is 1.03 bits per heavy atom. The number of carbonyl (C=O) groups excluding carboxylic acids is 3. The molecule has 2 aliphatic rings. The maximum absolute atomic E-state index is 14.5. The molecule has 2 aromatic carbocycles. The molecule has 3 amide bonds. The van der Waals surface area contributed by atoms with Gasteiger partial charge in [-0.25, -0.2) is 9.49 Å². The minimum absolute atomic E-state index is 0.0802. The second kappa shape index (κ2) is 7.12. The number of rotatable bonds is 3. The Balaban J connectivity index is 1.44. The van der Waals surface area contributed by atoms with Gasteiger partial charge in [0.15, 0.2) is 0 Å². The molecule has 2 saturated heterocycles. The van der Waals surface area contributed by atoms with E-state index in [0.717, 1.165) is 0 Å². The van der Waals surface area contributed by atoms with Crippen molar-refractivity contribution in [1.29, 1.82) is 0 Å². The van der Waals surface area contributed by atoms with E-state index in [1.54, 1.807) is 30.3 Å². The third kappa shape index (κ3) is 3.18. The molecule has 2 N–H and O–H groups in total. The fraction of sp³-hybridized carbons (Fsp3) is 0.227. The van der Waals surface area contributed by atoms with Crippen LogP contribution in [-0.2, 0) is 16.0 Å². The van der Waals surface area contributed by atoms with Gasteiger partial charge in [-0.2, -0.15) is 5.10 Å². The van der Waals surface area contributed by atoms with Crippen LogP contribution >= 0.6 is 0 Å². The fourth-order valence-electron chi connectivity index (χ4n) is 4.32. The summed E-state index contributed by atoms with van der Waals surface area (Å²) in [6.07, 6.45) is 0.282. The Hall–Kier alpha value is -3.88. The second-order valence-electron chi connectivity index (χ2n) is 7.81. The second-order valence-corrected chi connectivity index (χ2v) is 7.81. The first-order valence-corrected chi connectivity index (χ1v) is 9.81. The van der Waals surface area contributed by atoms with Gasteiger partial charge < -0.3 is 4.90 Å². The zero-order chi connectivity index (χ0) is 21.7. The van der Waals surface area contributed by atoms with E-state index in [1.165, 1.54) is 17.0 Å². The number of aromatic amines is 1. The molecule has 0 radical (unpaired) electrons. The predicted molar refractivity (Wildman–Crippen MR) is 108 cm³/mol. The third-order valence-electron chi connectivity index (χ3n) is 5.93. The summed E-state index contributed by atoms with van der Waals surface area (Å²) >= 11 is 0. The van der Waals surface area contributed by atoms with Crippen LogP contribution in [0.5, 0.6) is 0 Å². The van der Waals surface area contributed by atoms with E-state index in [9.17, 15) is 23.6 Å². The normalized spacial score (nSPS) is 20.2. The van der Waals surface area contributed by atoms with E-state index in [4.69, 9.17) is 0 Å². The summed E-state index contributed by atoms with van der Waals surface area (Å²) in [5.74, 6) is -3.19.